The summed E-state index contributed by atoms with van der Waals surface area (Å²) in [5.41, 5.74) is 2.73. The van der Waals surface area contributed by atoms with Crippen LogP contribution in [0.2, 0.25) is 0 Å². The monoisotopic (exact) mass is 401 g/mol. The second-order valence-corrected chi connectivity index (χ2v) is 6.77. The highest BCUT2D eigenvalue weighted by molar-refractivity contribution is 9.10. The fourth-order valence-electron chi connectivity index (χ4n) is 2.73. The second-order valence-electron chi connectivity index (χ2n) is 5.86. The Labute approximate surface area is 155 Å². The van der Waals surface area contributed by atoms with E-state index in [1.54, 1.807) is 17.3 Å². The predicted octanol–water partition coefficient (Wildman–Crippen LogP) is 3.18. The zero-order valence-electron chi connectivity index (χ0n) is 14.3. The van der Waals surface area contributed by atoms with E-state index in [1.807, 2.05) is 59.9 Å². The number of carbonyl (C=O) groups excluding carboxylic acids is 1. The van der Waals surface area contributed by atoms with Gasteiger partial charge in [-0.05, 0) is 46.6 Å². The number of benzene rings is 1. The standard InChI is InChI=1S/C18H20BrN5O/c1-3-24-17(7-8-20-24)13-22(2)18(25)15-6-4-5-14(9-15)11-23-12-16(19)10-21-23/h4-10,12H,3,11,13H2,1-2H3. The van der Waals surface area contributed by atoms with Gasteiger partial charge in [-0.2, -0.15) is 10.2 Å². The fraction of sp³-hybridized carbons (Fsp3) is 0.278. The van der Waals surface area contributed by atoms with Crippen LogP contribution in [0, 0.1) is 0 Å². The Kier molecular flexibility index (Phi) is 5.33. The van der Waals surface area contributed by atoms with Crippen LogP contribution in [-0.4, -0.2) is 37.4 Å². The Morgan fingerprint density at radius 1 is 1.28 bits per heavy atom. The van der Waals surface area contributed by atoms with Gasteiger partial charge in [0.15, 0.2) is 0 Å². The molecule has 0 aliphatic carbocycles. The maximum Gasteiger partial charge on any atom is 0.253 e. The van der Waals surface area contributed by atoms with Gasteiger partial charge in [0.05, 0.1) is 29.5 Å². The zero-order chi connectivity index (χ0) is 17.8. The first-order chi connectivity index (χ1) is 12.1. The van der Waals surface area contributed by atoms with Crippen LogP contribution in [-0.2, 0) is 19.6 Å². The van der Waals surface area contributed by atoms with E-state index in [9.17, 15) is 4.79 Å². The molecule has 0 saturated heterocycles. The van der Waals surface area contributed by atoms with Crippen LogP contribution >= 0.6 is 15.9 Å². The lowest BCUT2D eigenvalue weighted by Gasteiger charge is -2.18. The van der Waals surface area contributed by atoms with Crippen LogP contribution in [0.25, 0.3) is 0 Å². The Morgan fingerprint density at radius 2 is 2.12 bits per heavy atom. The molecule has 0 aliphatic rings. The number of aryl methyl sites for hydroxylation is 1. The van der Waals surface area contributed by atoms with Gasteiger partial charge in [-0.15, -0.1) is 0 Å². The largest absolute Gasteiger partial charge is 0.336 e. The Hall–Kier alpha value is -2.41. The van der Waals surface area contributed by atoms with Gasteiger partial charge in [0.1, 0.15) is 0 Å². The molecule has 0 unspecified atom stereocenters. The van der Waals surface area contributed by atoms with Crippen LogP contribution in [0.15, 0.2) is 53.4 Å². The van der Waals surface area contributed by atoms with Gasteiger partial charge in [-0.1, -0.05) is 12.1 Å². The highest BCUT2D eigenvalue weighted by atomic mass is 79.9. The van der Waals surface area contributed by atoms with Crippen LogP contribution < -0.4 is 0 Å². The van der Waals surface area contributed by atoms with Crippen molar-refractivity contribution in [2.75, 3.05) is 7.05 Å². The molecule has 3 aromatic rings. The van der Waals surface area contributed by atoms with Gasteiger partial charge in [0, 0.05) is 31.5 Å². The lowest BCUT2D eigenvalue weighted by molar-refractivity contribution is 0.0781. The SMILES string of the molecule is CCn1nccc1CN(C)C(=O)c1cccc(Cn2cc(Br)cn2)c1. The number of rotatable bonds is 6. The van der Waals surface area contributed by atoms with Crippen molar-refractivity contribution in [3.63, 3.8) is 0 Å². The van der Waals surface area contributed by atoms with Gasteiger partial charge in [0.25, 0.3) is 5.91 Å². The smallest absolute Gasteiger partial charge is 0.253 e. The summed E-state index contributed by atoms with van der Waals surface area (Å²) < 4.78 is 4.67. The van der Waals surface area contributed by atoms with Gasteiger partial charge in [-0.3, -0.25) is 14.2 Å². The van der Waals surface area contributed by atoms with Crippen LogP contribution in [0.5, 0.6) is 0 Å². The molecule has 6 nitrogen and oxygen atoms in total. The Balaban J connectivity index is 1.72. The Bertz CT molecular complexity index is 870. The summed E-state index contributed by atoms with van der Waals surface area (Å²) >= 11 is 3.39. The number of hydrogen-bond acceptors (Lipinski definition) is 3. The molecule has 7 heteroatoms. The molecule has 0 atom stereocenters. The van der Waals surface area contributed by atoms with Gasteiger partial charge >= 0.3 is 0 Å². The van der Waals surface area contributed by atoms with Crippen molar-refractivity contribution in [3.05, 3.63) is 70.2 Å². The van der Waals surface area contributed by atoms with Crippen molar-refractivity contribution in [2.24, 2.45) is 0 Å². The molecule has 0 aliphatic heterocycles. The molecule has 130 valence electrons. The van der Waals surface area contributed by atoms with E-state index in [-0.39, 0.29) is 5.91 Å². The Morgan fingerprint density at radius 3 is 2.84 bits per heavy atom. The van der Waals surface area contributed by atoms with E-state index >= 15 is 0 Å². The zero-order valence-corrected chi connectivity index (χ0v) is 15.8. The summed E-state index contributed by atoms with van der Waals surface area (Å²) in [6, 6.07) is 9.62. The molecule has 2 aromatic heterocycles. The van der Waals surface area contributed by atoms with Gasteiger partial charge < -0.3 is 4.90 Å². The molecule has 0 spiro atoms. The van der Waals surface area contributed by atoms with E-state index in [0.29, 0.717) is 18.7 Å². The topological polar surface area (TPSA) is 56.0 Å². The molecule has 0 N–H and O–H groups in total. The number of nitrogens with zero attached hydrogens (tertiary/aromatic N) is 5. The molecule has 3 rings (SSSR count). The summed E-state index contributed by atoms with van der Waals surface area (Å²) in [5.74, 6) is -0.00708. The lowest BCUT2D eigenvalue weighted by Crippen LogP contribution is -2.27. The molecule has 0 bridgehead atoms. The van der Waals surface area contributed by atoms with Crippen molar-refractivity contribution in [2.45, 2.75) is 26.6 Å². The first-order valence-corrected chi connectivity index (χ1v) is 8.89. The molecular weight excluding hydrogens is 382 g/mol. The summed E-state index contributed by atoms with van der Waals surface area (Å²) in [4.78, 5) is 14.5. The molecule has 0 fully saturated rings. The van der Waals surface area contributed by atoms with Crippen molar-refractivity contribution in [1.29, 1.82) is 0 Å². The highest BCUT2D eigenvalue weighted by Crippen LogP contribution is 2.13. The summed E-state index contributed by atoms with van der Waals surface area (Å²) in [5, 5.41) is 8.50. The second kappa shape index (κ2) is 7.65. The van der Waals surface area contributed by atoms with E-state index in [2.05, 4.69) is 26.1 Å². The summed E-state index contributed by atoms with van der Waals surface area (Å²) in [6.45, 7) is 3.98. The van der Waals surface area contributed by atoms with Gasteiger partial charge in [-0.25, -0.2) is 0 Å². The molecule has 1 amide bonds. The van der Waals surface area contributed by atoms with Crippen LogP contribution in [0.1, 0.15) is 28.5 Å². The maximum absolute atomic E-state index is 12.7. The van der Waals surface area contributed by atoms with Crippen molar-refractivity contribution in [1.82, 2.24) is 24.5 Å². The maximum atomic E-state index is 12.7. The van der Waals surface area contributed by atoms with Crippen molar-refractivity contribution < 1.29 is 4.79 Å². The third kappa shape index (κ3) is 4.17. The number of hydrogen-bond donors (Lipinski definition) is 0. The molecular formula is C18H20BrN5O. The number of aromatic nitrogens is 4. The minimum Gasteiger partial charge on any atom is -0.336 e. The molecule has 25 heavy (non-hydrogen) atoms. The van der Waals surface area contributed by atoms with E-state index < -0.39 is 0 Å². The summed E-state index contributed by atoms with van der Waals surface area (Å²) in [7, 11) is 1.81. The average Bonchev–Trinajstić information content (AvgIpc) is 3.23. The van der Waals surface area contributed by atoms with Crippen molar-refractivity contribution in [3.8, 4) is 0 Å². The summed E-state index contributed by atoms with van der Waals surface area (Å²) in [6.07, 6.45) is 5.42. The van der Waals surface area contributed by atoms with Crippen LogP contribution in [0.3, 0.4) is 0 Å². The molecule has 0 radical (unpaired) electrons. The molecule has 1 aromatic carbocycles. The van der Waals surface area contributed by atoms with E-state index in [4.69, 9.17) is 0 Å². The van der Waals surface area contributed by atoms with Gasteiger partial charge in [0.2, 0.25) is 0 Å². The lowest BCUT2D eigenvalue weighted by atomic mass is 10.1. The normalized spacial score (nSPS) is 10.8. The number of amides is 1. The minimum atomic E-state index is -0.00708. The fourth-order valence-corrected chi connectivity index (χ4v) is 3.06. The predicted molar refractivity (Wildman–Crippen MR) is 99.2 cm³/mol. The van der Waals surface area contributed by atoms with E-state index in [0.717, 1.165) is 22.3 Å². The minimum absolute atomic E-state index is 0.00708. The quantitative estimate of drug-likeness (QED) is 0.637. The van der Waals surface area contributed by atoms with Crippen LogP contribution in [0.4, 0.5) is 0 Å². The average molecular weight is 402 g/mol. The van der Waals surface area contributed by atoms with Crippen molar-refractivity contribution >= 4 is 21.8 Å². The third-order valence-corrected chi connectivity index (χ3v) is 4.38. The number of halogens is 1. The highest BCUT2D eigenvalue weighted by Gasteiger charge is 2.14. The third-order valence-electron chi connectivity index (χ3n) is 3.97. The first-order valence-electron chi connectivity index (χ1n) is 8.10. The molecule has 2 heterocycles. The number of carbonyl (C=O) groups is 1. The molecule has 0 saturated carbocycles. The van der Waals surface area contributed by atoms with E-state index in [1.165, 1.54) is 0 Å². The first kappa shape index (κ1) is 17.4.